The van der Waals surface area contributed by atoms with E-state index in [1.165, 1.54) is 24.5 Å². The molecule has 3 rings (SSSR count). The van der Waals surface area contributed by atoms with Gasteiger partial charge in [-0.25, -0.2) is 4.98 Å². The second-order valence-electron chi connectivity index (χ2n) is 4.87. The number of nitrogens with one attached hydrogen (secondary N) is 1. The molecule has 0 spiro atoms. The van der Waals surface area contributed by atoms with E-state index in [2.05, 4.69) is 15.3 Å². The summed E-state index contributed by atoms with van der Waals surface area (Å²) < 4.78 is 0. The molecule has 0 aliphatic rings. The van der Waals surface area contributed by atoms with E-state index >= 15 is 0 Å². The molecule has 0 saturated heterocycles. The standard InChI is InChI=1S/C16H13N3O3/c1-9-2-3-11-12(8-9)18-16(22)13(14(11)20)19-15(21)10-4-6-17-7-5-10/h2-8H,1H3,(H,19,21)(H2,18,20,22). The quantitative estimate of drug-likeness (QED) is 0.675. The van der Waals surface area contributed by atoms with Gasteiger partial charge in [-0.1, -0.05) is 6.07 Å². The second-order valence-corrected chi connectivity index (χ2v) is 4.87. The van der Waals surface area contributed by atoms with Crippen molar-refractivity contribution < 1.29 is 15.0 Å². The molecule has 0 radical (unpaired) electrons. The van der Waals surface area contributed by atoms with Crippen molar-refractivity contribution in [1.29, 1.82) is 0 Å². The Hall–Kier alpha value is -3.15. The number of hydrogen-bond acceptors (Lipinski definition) is 5. The molecule has 0 aliphatic carbocycles. The van der Waals surface area contributed by atoms with Crippen LogP contribution in [-0.2, 0) is 0 Å². The van der Waals surface area contributed by atoms with Crippen LogP contribution in [0.25, 0.3) is 10.9 Å². The molecule has 2 heterocycles. The number of aromatic nitrogens is 2. The first-order valence-corrected chi connectivity index (χ1v) is 6.60. The highest BCUT2D eigenvalue weighted by Crippen LogP contribution is 2.38. The Labute approximate surface area is 126 Å². The van der Waals surface area contributed by atoms with Gasteiger partial charge < -0.3 is 15.5 Å². The molecule has 6 heteroatoms. The van der Waals surface area contributed by atoms with Crippen molar-refractivity contribution >= 4 is 22.5 Å². The van der Waals surface area contributed by atoms with E-state index in [1.807, 2.05) is 13.0 Å². The van der Waals surface area contributed by atoms with Crippen LogP contribution < -0.4 is 5.32 Å². The van der Waals surface area contributed by atoms with Gasteiger partial charge >= 0.3 is 0 Å². The van der Waals surface area contributed by atoms with Gasteiger partial charge in [-0.3, -0.25) is 9.78 Å². The van der Waals surface area contributed by atoms with Gasteiger partial charge in [0, 0.05) is 23.3 Å². The van der Waals surface area contributed by atoms with Crippen LogP contribution in [0.3, 0.4) is 0 Å². The molecule has 0 bridgehead atoms. The molecular weight excluding hydrogens is 282 g/mol. The average Bonchev–Trinajstić information content (AvgIpc) is 2.51. The largest absolute Gasteiger partial charge is 0.505 e. The number of anilines is 1. The predicted octanol–water partition coefficient (Wildman–Crippen LogP) is 2.60. The lowest BCUT2D eigenvalue weighted by molar-refractivity contribution is 0.102. The molecule has 3 aromatic rings. The summed E-state index contributed by atoms with van der Waals surface area (Å²) in [6.45, 7) is 1.88. The number of hydrogen-bond donors (Lipinski definition) is 3. The van der Waals surface area contributed by atoms with Gasteiger partial charge in [-0.15, -0.1) is 0 Å². The van der Waals surface area contributed by atoms with Gasteiger partial charge in [-0.2, -0.15) is 0 Å². The van der Waals surface area contributed by atoms with Crippen LogP contribution in [0.1, 0.15) is 15.9 Å². The number of rotatable bonds is 2. The maximum atomic E-state index is 12.1. The summed E-state index contributed by atoms with van der Waals surface area (Å²) in [6.07, 6.45) is 2.96. The Morgan fingerprint density at radius 3 is 2.59 bits per heavy atom. The van der Waals surface area contributed by atoms with Gasteiger partial charge in [-0.05, 0) is 36.8 Å². The molecule has 3 N–H and O–H groups in total. The number of fused-ring (bicyclic) bond motifs is 1. The molecule has 6 nitrogen and oxygen atoms in total. The van der Waals surface area contributed by atoms with Gasteiger partial charge in [0.05, 0.1) is 5.52 Å². The summed E-state index contributed by atoms with van der Waals surface area (Å²) in [7, 11) is 0. The third-order valence-corrected chi connectivity index (χ3v) is 3.28. The van der Waals surface area contributed by atoms with E-state index < -0.39 is 11.8 Å². The highest BCUT2D eigenvalue weighted by Gasteiger charge is 2.17. The number of benzene rings is 1. The van der Waals surface area contributed by atoms with Gasteiger partial charge in [0.2, 0.25) is 5.88 Å². The van der Waals surface area contributed by atoms with E-state index in [1.54, 1.807) is 12.1 Å². The minimum atomic E-state index is -0.471. The maximum Gasteiger partial charge on any atom is 0.256 e. The van der Waals surface area contributed by atoms with Crippen molar-refractivity contribution in [3.05, 3.63) is 53.9 Å². The van der Waals surface area contributed by atoms with Crippen molar-refractivity contribution in [2.24, 2.45) is 0 Å². The number of pyridine rings is 2. The van der Waals surface area contributed by atoms with Crippen LogP contribution in [0.5, 0.6) is 11.6 Å². The Morgan fingerprint density at radius 2 is 1.86 bits per heavy atom. The van der Waals surface area contributed by atoms with E-state index in [0.29, 0.717) is 16.5 Å². The summed E-state index contributed by atoms with van der Waals surface area (Å²) in [5.74, 6) is -1.12. The van der Waals surface area contributed by atoms with Crippen LogP contribution in [0.2, 0.25) is 0 Å². The van der Waals surface area contributed by atoms with Crippen LogP contribution >= 0.6 is 0 Å². The van der Waals surface area contributed by atoms with Crippen LogP contribution in [0.15, 0.2) is 42.7 Å². The van der Waals surface area contributed by atoms with E-state index in [0.717, 1.165) is 5.56 Å². The van der Waals surface area contributed by atoms with E-state index in [4.69, 9.17) is 0 Å². The monoisotopic (exact) mass is 295 g/mol. The zero-order valence-corrected chi connectivity index (χ0v) is 11.7. The lowest BCUT2D eigenvalue weighted by atomic mass is 10.1. The van der Waals surface area contributed by atoms with Gasteiger partial charge in [0.1, 0.15) is 5.69 Å². The fourth-order valence-electron chi connectivity index (χ4n) is 2.15. The second kappa shape index (κ2) is 5.33. The molecular formula is C16H13N3O3. The zero-order valence-electron chi connectivity index (χ0n) is 11.7. The third kappa shape index (κ3) is 2.42. The average molecular weight is 295 g/mol. The summed E-state index contributed by atoms with van der Waals surface area (Å²) in [4.78, 5) is 20.0. The number of amides is 1. The number of aromatic hydroxyl groups is 2. The number of aryl methyl sites for hydroxylation is 1. The molecule has 0 aliphatic heterocycles. The van der Waals surface area contributed by atoms with Crippen LogP contribution in [0, 0.1) is 6.92 Å². The Morgan fingerprint density at radius 1 is 1.14 bits per heavy atom. The molecule has 22 heavy (non-hydrogen) atoms. The Bertz CT molecular complexity index is 863. The third-order valence-electron chi connectivity index (χ3n) is 3.28. The molecule has 1 aromatic carbocycles. The Balaban J connectivity index is 2.04. The molecule has 1 amide bonds. The lowest BCUT2D eigenvalue weighted by Gasteiger charge is -2.11. The predicted molar refractivity (Wildman–Crippen MR) is 82.0 cm³/mol. The van der Waals surface area contributed by atoms with Gasteiger partial charge in [0.15, 0.2) is 5.75 Å². The summed E-state index contributed by atoms with van der Waals surface area (Å²) in [5, 5.41) is 23.2. The fraction of sp³-hybridized carbons (Fsp3) is 0.0625. The topological polar surface area (TPSA) is 95.3 Å². The molecule has 0 atom stereocenters. The minimum absolute atomic E-state index is 0.113. The van der Waals surface area contributed by atoms with Crippen molar-refractivity contribution in [3.8, 4) is 11.6 Å². The van der Waals surface area contributed by atoms with Crippen LogP contribution in [-0.4, -0.2) is 26.1 Å². The Kier molecular flexibility index (Phi) is 3.34. The smallest absolute Gasteiger partial charge is 0.256 e. The highest BCUT2D eigenvalue weighted by atomic mass is 16.3. The van der Waals surface area contributed by atoms with E-state index in [9.17, 15) is 15.0 Å². The lowest BCUT2D eigenvalue weighted by Crippen LogP contribution is -2.12. The molecule has 0 saturated carbocycles. The molecule has 2 aromatic heterocycles. The van der Waals surface area contributed by atoms with Crippen molar-refractivity contribution in [2.45, 2.75) is 6.92 Å². The van der Waals surface area contributed by atoms with Crippen molar-refractivity contribution in [2.75, 3.05) is 5.32 Å². The maximum absolute atomic E-state index is 12.1. The van der Waals surface area contributed by atoms with Gasteiger partial charge in [0.25, 0.3) is 5.91 Å². The van der Waals surface area contributed by atoms with Crippen molar-refractivity contribution in [3.63, 3.8) is 0 Å². The van der Waals surface area contributed by atoms with Crippen LogP contribution in [0.4, 0.5) is 5.69 Å². The summed E-state index contributed by atoms with van der Waals surface area (Å²) in [5.41, 5.74) is 1.65. The first-order valence-electron chi connectivity index (χ1n) is 6.60. The minimum Gasteiger partial charge on any atom is -0.505 e. The van der Waals surface area contributed by atoms with Crippen molar-refractivity contribution in [1.82, 2.24) is 9.97 Å². The fourth-order valence-corrected chi connectivity index (χ4v) is 2.15. The first kappa shape index (κ1) is 13.8. The first-order chi connectivity index (χ1) is 10.6. The molecule has 110 valence electrons. The number of carbonyl (C=O) groups is 1. The zero-order chi connectivity index (χ0) is 15.7. The molecule has 0 fully saturated rings. The highest BCUT2D eigenvalue weighted by molar-refractivity contribution is 6.07. The summed E-state index contributed by atoms with van der Waals surface area (Å²) >= 11 is 0. The normalized spacial score (nSPS) is 10.6. The molecule has 0 unspecified atom stereocenters. The summed E-state index contributed by atoms with van der Waals surface area (Å²) in [6, 6.07) is 8.30. The number of nitrogens with zero attached hydrogens (tertiary/aromatic N) is 2. The van der Waals surface area contributed by atoms with E-state index in [-0.39, 0.29) is 11.4 Å². The number of carbonyl (C=O) groups excluding carboxylic acids is 1. The SMILES string of the molecule is Cc1ccc2c(O)c(NC(=O)c3ccncc3)c(O)nc2c1.